The van der Waals surface area contributed by atoms with E-state index in [2.05, 4.69) is 20.7 Å². The van der Waals surface area contributed by atoms with Crippen molar-refractivity contribution in [1.82, 2.24) is 14.8 Å². The molecule has 9 heteroatoms. The molecule has 1 unspecified atom stereocenters. The molecule has 5 rings (SSSR count). The minimum absolute atomic E-state index is 0. The Morgan fingerprint density at radius 3 is 2.58 bits per heavy atom. The van der Waals surface area contributed by atoms with Crippen molar-refractivity contribution < 1.29 is 9.21 Å². The van der Waals surface area contributed by atoms with E-state index in [0.717, 1.165) is 16.8 Å². The fourth-order valence-corrected chi connectivity index (χ4v) is 3.59. The monoisotopic (exact) mass is 453 g/mol. The second-order valence-electron chi connectivity index (χ2n) is 6.67. The summed E-state index contributed by atoms with van der Waals surface area (Å²) in [6, 6.07) is 20.4. The molecule has 1 aliphatic rings. The number of rotatable bonds is 4. The molecule has 156 valence electrons. The summed E-state index contributed by atoms with van der Waals surface area (Å²) in [5.41, 5.74) is 2.76. The number of carbonyl (C=O) groups is 1. The molecule has 31 heavy (non-hydrogen) atoms. The lowest BCUT2D eigenvalue weighted by Gasteiger charge is -2.24. The number of furan rings is 1. The Morgan fingerprint density at radius 1 is 1.06 bits per heavy atom. The lowest BCUT2D eigenvalue weighted by molar-refractivity contribution is 0.0996. The van der Waals surface area contributed by atoms with E-state index in [9.17, 15) is 4.79 Å². The predicted octanol–water partition coefficient (Wildman–Crippen LogP) is 5.25. The Bertz CT molecular complexity index is 1240. The predicted molar refractivity (Wildman–Crippen MR) is 122 cm³/mol. The fourth-order valence-electron chi connectivity index (χ4n) is 3.34. The van der Waals surface area contributed by atoms with Crippen LogP contribution in [0.2, 0.25) is 5.02 Å². The number of nitrogens with zero attached hydrogens (tertiary/aromatic N) is 3. The van der Waals surface area contributed by atoms with Gasteiger partial charge in [0.15, 0.2) is 5.76 Å². The Labute approximate surface area is 189 Å². The number of nitrogens with one attached hydrogen (secondary N) is 2. The van der Waals surface area contributed by atoms with Gasteiger partial charge in [0.2, 0.25) is 5.95 Å². The molecule has 0 fully saturated rings. The van der Waals surface area contributed by atoms with E-state index in [1.165, 1.54) is 6.26 Å². The van der Waals surface area contributed by atoms with Crippen LogP contribution in [0, 0.1) is 0 Å². The number of halogens is 2. The van der Waals surface area contributed by atoms with Crippen molar-refractivity contribution in [2.24, 2.45) is 0 Å². The average molecular weight is 454 g/mol. The molecule has 3 heterocycles. The molecule has 1 amide bonds. The molecule has 1 aliphatic heterocycles. The van der Waals surface area contributed by atoms with Crippen LogP contribution in [0.4, 0.5) is 11.9 Å². The smallest absolute Gasteiger partial charge is 0.293 e. The highest BCUT2D eigenvalue weighted by Gasteiger charge is 2.27. The van der Waals surface area contributed by atoms with Crippen molar-refractivity contribution in [3.05, 3.63) is 101 Å². The van der Waals surface area contributed by atoms with E-state index in [1.54, 1.807) is 16.8 Å². The minimum Gasteiger partial charge on any atom is -0.459 e. The number of hydrogen-bond acceptors (Lipinski definition) is 5. The fraction of sp³-hybridized carbons (Fsp3) is 0.0455. The number of allylic oxidation sites excluding steroid dienone is 1. The van der Waals surface area contributed by atoms with E-state index in [-0.39, 0.29) is 30.2 Å². The maximum absolute atomic E-state index is 12.3. The maximum atomic E-state index is 12.3. The van der Waals surface area contributed by atoms with Crippen LogP contribution in [0.15, 0.2) is 83.5 Å². The average Bonchev–Trinajstić information content (AvgIpc) is 3.44. The van der Waals surface area contributed by atoms with Gasteiger partial charge in [0.1, 0.15) is 6.04 Å². The van der Waals surface area contributed by atoms with Gasteiger partial charge in [-0.25, -0.2) is 4.68 Å². The summed E-state index contributed by atoms with van der Waals surface area (Å²) in [6.45, 7) is 0. The molecule has 0 saturated carbocycles. The van der Waals surface area contributed by atoms with Crippen LogP contribution >= 0.6 is 24.0 Å². The van der Waals surface area contributed by atoms with Gasteiger partial charge in [0.05, 0.1) is 6.26 Å². The van der Waals surface area contributed by atoms with Crippen LogP contribution in [0.25, 0.3) is 5.70 Å². The second-order valence-corrected chi connectivity index (χ2v) is 7.08. The molecular weight excluding hydrogens is 437 g/mol. The van der Waals surface area contributed by atoms with Gasteiger partial charge in [0, 0.05) is 10.7 Å². The van der Waals surface area contributed by atoms with Crippen LogP contribution in [0.1, 0.15) is 27.7 Å². The quantitative estimate of drug-likeness (QED) is 0.440. The molecule has 2 N–H and O–H groups in total. The number of hydrogen-bond donors (Lipinski definition) is 2. The molecule has 2 aromatic carbocycles. The van der Waals surface area contributed by atoms with Crippen molar-refractivity contribution in [2.75, 3.05) is 10.6 Å². The second kappa shape index (κ2) is 8.67. The van der Waals surface area contributed by atoms with Gasteiger partial charge in [-0.2, -0.15) is 4.98 Å². The van der Waals surface area contributed by atoms with Crippen molar-refractivity contribution in [2.45, 2.75) is 6.04 Å². The first kappa shape index (κ1) is 20.7. The normalized spacial score (nSPS) is 14.6. The van der Waals surface area contributed by atoms with Gasteiger partial charge >= 0.3 is 0 Å². The Balaban J connectivity index is 0.00000231. The third kappa shape index (κ3) is 4.05. The van der Waals surface area contributed by atoms with Gasteiger partial charge in [-0.05, 0) is 35.4 Å². The highest BCUT2D eigenvalue weighted by molar-refractivity contribution is 6.31. The van der Waals surface area contributed by atoms with Gasteiger partial charge < -0.3 is 9.73 Å². The summed E-state index contributed by atoms with van der Waals surface area (Å²) in [6.07, 6.45) is 3.47. The third-order valence-corrected chi connectivity index (χ3v) is 5.09. The number of carbonyl (C=O) groups excluding carboxylic acids is 1. The number of fused-ring (bicyclic) bond motifs is 1. The first-order chi connectivity index (χ1) is 14.7. The molecule has 7 nitrogen and oxygen atoms in total. The zero-order chi connectivity index (χ0) is 20.5. The van der Waals surface area contributed by atoms with E-state index in [0.29, 0.717) is 11.0 Å². The van der Waals surface area contributed by atoms with Crippen LogP contribution in [-0.2, 0) is 0 Å². The standard InChI is InChI=1S/C22H16ClN5O2.ClH/c23-16-10-5-4-9-15(16)18-13-17(14-7-2-1-3-8-14)24-22-26-21(27-28(18)22)25-20(29)19-11-6-12-30-19;/h1-13,18H,(H2,24,25,26,27,29);1H. The number of benzene rings is 2. The summed E-state index contributed by atoms with van der Waals surface area (Å²) in [7, 11) is 0. The zero-order valence-corrected chi connectivity index (χ0v) is 17.6. The summed E-state index contributed by atoms with van der Waals surface area (Å²) in [4.78, 5) is 16.8. The molecule has 0 bridgehead atoms. The molecule has 0 spiro atoms. The molecule has 0 saturated heterocycles. The van der Waals surface area contributed by atoms with E-state index >= 15 is 0 Å². The molecule has 0 radical (unpaired) electrons. The highest BCUT2D eigenvalue weighted by Crippen LogP contribution is 2.35. The van der Waals surface area contributed by atoms with E-state index < -0.39 is 5.91 Å². The molecule has 0 aliphatic carbocycles. The molecular formula is C22H17Cl2N5O2. The third-order valence-electron chi connectivity index (χ3n) is 4.74. The molecule has 1 atom stereocenters. The lowest BCUT2D eigenvalue weighted by Crippen LogP contribution is -2.20. The highest BCUT2D eigenvalue weighted by atomic mass is 35.5. The van der Waals surface area contributed by atoms with E-state index in [4.69, 9.17) is 16.0 Å². The lowest BCUT2D eigenvalue weighted by atomic mass is 10.0. The van der Waals surface area contributed by atoms with Crippen LogP contribution < -0.4 is 10.6 Å². The first-order valence-corrected chi connectivity index (χ1v) is 9.67. The number of aromatic nitrogens is 3. The molecule has 4 aromatic rings. The summed E-state index contributed by atoms with van der Waals surface area (Å²) < 4.78 is 6.83. The van der Waals surface area contributed by atoms with Crippen LogP contribution in [-0.4, -0.2) is 20.7 Å². The summed E-state index contributed by atoms with van der Waals surface area (Å²) in [5.74, 6) is 0.421. The van der Waals surface area contributed by atoms with Crippen molar-refractivity contribution in [1.29, 1.82) is 0 Å². The minimum atomic E-state index is -0.423. The van der Waals surface area contributed by atoms with Crippen molar-refractivity contribution in [3.63, 3.8) is 0 Å². The Hall–Kier alpha value is -3.55. The number of amides is 1. The summed E-state index contributed by atoms with van der Waals surface area (Å²) in [5, 5.41) is 11.1. The van der Waals surface area contributed by atoms with Crippen LogP contribution in [0.3, 0.4) is 0 Å². The maximum Gasteiger partial charge on any atom is 0.293 e. The first-order valence-electron chi connectivity index (χ1n) is 9.29. The van der Waals surface area contributed by atoms with Crippen LogP contribution in [0.5, 0.6) is 0 Å². The van der Waals surface area contributed by atoms with E-state index in [1.807, 2.05) is 60.7 Å². The largest absolute Gasteiger partial charge is 0.459 e. The van der Waals surface area contributed by atoms with Crippen molar-refractivity contribution >= 4 is 47.5 Å². The van der Waals surface area contributed by atoms with Gasteiger partial charge in [-0.15, -0.1) is 17.5 Å². The Morgan fingerprint density at radius 2 is 1.84 bits per heavy atom. The zero-order valence-electron chi connectivity index (χ0n) is 16.0. The van der Waals surface area contributed by atoms with Gasteiger partial charge in [-0.1, -0.05) is 60.1 Å². The number of anilines is 2. The topological polar surface area (TPSA) is 85.0 Å². The SMILES string of the molecule is Cl.O=C(Nc1nc2n(n1)C(c1ccccc1Cl)C=C(c1ccccc1)N2)c1ccco1. The van der Waals surface area contributed by atoms with Crippen molar-refractivity contribution in [3.8, 4) is 0 Å². The van der Waals surface area contributed by atoms with Gasteiger partial charge in [0.25, 0.3) is 11.9 Å². The summed E-state index contributed by atoms with van der Waals surface area (Å²) >= 11 is 6.48. The Kier molecular flexibility index (Phi) is 5.79. The van der Waals surface area contributed by atoms with Gasteiger partial charge in [-0.3, -0.25) is 10.1 Å². The molecule has 2 aromatic heterocycles.